The lowest BCUT2D eigenvalue weighted by Gasteiger charge is -2.31. The van der Waals surface area contributed by atoms with E-state index in [0.717, 1.165) is 44.7 Å². The van der Waals surface area contributed by atoms with Crippen molar-refractivity contribution in [3.8, 4) is 0 Å². The van der Waals surface area contributed by atoms with Crippen molar-refractivity contribution >= 4 is 11.8 Å². The number of nitrogens with zero attached hydrogens (tertiary/aromatic N) is 5. The minimum Gasteiger partial charge on any atom is -0.383 e. The summed E-state index contributed by atoms with van der Waals surface area (Å²) >= 11 is 0. The van der Waals surface area contributed by atoms with E-state index in [-0.39, 0.29) is 23.4 Å². The molecule has 0 radical (unpaired) electrons. The average Bonchev–Trinajstić information content (AvgIpc) is 3.27. The number of methoxy groups -OCH3 is 1. The molecule has 0 aliphatic carbocycles. The summed E-state index contributed by atoms with van der Waals surface area (Å²) in [5, 5.41) is 4.60. The topological polar surface area (TPSA) is 89.7 Å². The van der Waals surface area contributed by atoms with Crippen LogP contribution in [0.2, 0.25) is 0 Å². The summed E-state index contributed by atoms with van der Waals surface area (Å²) < 4.78 is 8.37. The number of carbonyl (C=O) groups excluding carboxylic acids is 2. The number of aromatic nitrogens is 3. The molecule has 0 bridgehead atoms. The first kappa shape index (κ1) is 22.4. The molecule has 2 aliphatic rings. The van der Waals surface area contributed by atoms with Crippen LogP contribution in [-0.4, -0.2) is 75.9 Å². The van der Waals surface area contributed by atoms with Gasteiger partial charge in [0.05, 0.1) is 24.3 Å². The first-order chi connectivity index (χ1) is 15.5. The highest BCUT2D eigenvalue weighted by Crippen LogP contribution is 2.27. The van der Waals surface area contributed by atoms with Crippen LogP contribution in [0.15, 0.2) is 29.1 Å². The molecular weight excluding hydrogens is 410 g/mol. The van der Waals surface area contributed by atoms with Crippen LogP contribution in [0.1, 0.15) is 58.6 Å². The van der Waals surface area contributed by atoms with Gasteiger partial charge in [-0.05, 0) is 58.0 Å². The SMILES string of the molecule is CCn1c(C2CCN(CCCN3C(=O)c4ccccc4C3=O)CC2)nn(CCOC)c1=O. The molecule has 1 aromatic carbocycles. The van der Waals surface area contributed by atoms with E-state index < -0.39 is 0 Å². The third kappa shape index (κ3) is 4.27. The van der Waals surface area contributed by atoms with Gasteiger partial charge in [0, 0.05) is 26.1 Å². The lowest BCUT2D eigenvalue weighted by Crippen LogP contribution is -2.37. The van der Waals surface area contributed by atoms with Gasteiger partial charge in [0.25, 0.3) is 11.8 Å². The summed E-state index contributed by atoms with van der Waals surface area (Å²) in [6.45, 7) is 6.61. The molecule has 2 aliphatic heterocycles. The third-order valence-corrected chi connectivity index (χ3v) is 6.46. The standard InChI is InChI=1S/C23H31N5O4/c1-3-26-20(24-28(23(26)31)15-16-32-2)17-9-13-25(14-10-17)11-6-12-27-21(29)18-7-4-5-8-19(18)22(27)30/h4-5,7-8,17H,3,6,9-16H2,1-2H3. The predicted molar refractivity (Wildman–Crippen MR) is 119 cm³/mol. The molecule has 2 amide bonds. The summed E-state index contributed by atoms with van der Waals surface area (Å²) in [6.07, 6.45) is 2.63. The number of ether oxygens (including phenoxy) is 1. The fourth-order valence-electron chi connectivity index (χ4n) is 4.69. The number of amides is 2. The normalized spacial score (nSPS) is 17.4. The molecule has 172 valence electrons. The summed E-state index contributed by atoms with van der Waals surface area (Å²) in [5.74, 6) is 0.759. The van der Waals surface area contributed by atoms with Crippen molar-refractivity contribution in [1.29, 1.82) is 0 Å². The molecule has 0 N–H and O–H groups in total. The minimum absolute atomic E-state index is 0.0667. The summed E-state index contributed by atoms with van der Waals surface area (Å²) in [7, 11) is 1.62. The zero-order chi connectivity index (χ0) is 22.7. The molecule has 4 rings (SSSR count). The molecular formula is C23H31N5O4. The monoisotopic (exact) mass is 441 g/mol. The highest BCUT2D eigenvalue weighted by Gasteiger charge is 2.34. The maximum absolute atomic E-state index is 12.6. The maximum atomic E-state index is 12.6. The largest absolute Gasteiger partial charge is 0.383 e. The Kier molecular flexibility index (Phi) is 6.86. The van der Waals surface area contributed by atoms with Gasteiger partial charge in [0.2, 0.25) is 0 Å². The van der Waals surface area contributed by atoms with Crippen molar-refractivity contribution in [1.82, 2.24) is 24.1 Å². The fraction of sp³-hybridized carbons (Fsp3) is 0.565. The van der Waals surface area contributed by atoms with E-state index in [1.165, 1.54) is 9.58 Å². The van der Waals surface area contributed by atoms with Crippen molar-refractivity contribution in [3.05, 3.63) is 51.7 Å². The van der Waals surface area contributed by atoms with E-state index in [1.807, 2.05) is 6.92 Å². The Morgan fingerprint density at radius 3 is 2.25 bits per heavy atom. The van der Waals surface area contributed by atoms with Crippen molar-refractivity contribution in [3.63, 3.8) is 0 Å². The minimum atomic E-state index is -0.189. The van der Waals surface area contributed by atoms with Crippen LogP contribution in [-0.2, 0) is 17.8 Å². The molecule has 9 nitrogen and oxygen atoms in total. The summed E-state index contributed by atoms with van der Waals surface area (Å²) in [5.41, 5.74) is 0.943. The molecule has 1 aromatic heterocycles. The number of carbonyl (C=O) groups is 2. The number of imide groups is 1. The third-order valence-electron chi connectivity index (χ3n) is 6.46. The van der Waals surface area contributed by atoms with Gasteiger partial charge in [-0.15, -0.1) is 0 Å². The number of fused-ring (bicyclic) bond motifs is 1. The number of hydrogen-bond donors (Lipinski definition) is 0. The second kappa shape index (κ2) is 9.79. The van der Waals surface area contributed by atoms with Crippen LogP contribution < -0.4 is 5.69 Å². The zero-order valence-electron chi connectivity index (χ0n) is 18.8. The quantitative estimate of drug-likeness (QED) is 0.549. The highest BCUT2D eigenvalue weighted by atomic mass is 16.5. The van der Waals surface area contributed by atoms with E-state index in [0.29, 0.717) is 37.4 Å². The Bertz CT molecular complexity index is 1000. The van der Waals surface area contributed by atoms with Crippen molar-refractivity contribution in [2.75, 3.05) is 39.9 Å². The lowest BCUT2D eigenvalue weighted by molar-refractivity contribution is 0.0645. The Hall–Kier alpha value is -2.78. The molecule has 1 fully saturated rings. The van der Waals surface area contributed by atoms with Gasteiger partial charge in [0.15, 0.2) is 0 Å². The van der Waals surface area contributed by atoms with Crippen LogP contribution >= 0.6 is 0 Å². The van der Waals surface area contributed by atoms with Crippen LogP contribution in [0.4, 0.5) is 0 Å². The van der Waals surface area contributed by atoms with Gasteiger partial charge in [-0.25, -0.2) is 9.48 Å². The van der Waals surface area contributed by atoms with Gasteiger partial charge in [0.1, 0.15) is 5.82 Å². The van der Waals surface area contributed by atoms with Crippen LogP contribution in [0.5, 0.6) is 0 Å². The van der Waals surface area contributed by atoms with E-state index in [4.69, 9.17) is 4.74 Å². The van der Waals surface area contributed by atoms with Gasteiger partial charge in [-0.1, -0.05) is 12.1 Å². The van der Waals surface area contributed by atoms with Crippen LogP contribution in [0.3, 0.4) is 0 Å². The van der Waals surface area contributed by atoms with E-state index in [9.17, 15) is 14.4 Å². The molecule has 32 heavy (non-hydrogen) atoms. The number of hydrogen-bond acceptors (Lipinski definition) is 6. The Morgan fingerprint density at radius 1 is 1.00 bits per heavy atom. The smallest absolute Gasteiger partial charge is 0.345 e. The Labute approximate surface area is 187 Å². The Balaban J connectivity index is 1.29. The Morgan fingerprint density at radius 2 is 1.66 bits per heavy atom. The number of benzene rings is 1. The molecule has 2 aromatic rings. The zero-order valence-corrected chi connectivity index (χ0v) is 18.8. The second-order valence-electron chi connectivity index (χ2n) is 8.38. The molecule has 9 heteroatoms. The lowest BCUT2D eigenvalue weighted by atomic mass is 9.96. The van der Waals surface area contributed by atoms with Crippen LogP contribution in [0.25, 0.3) is 0 Å². The maximum Gasteiger partial charge on any atom is 0.345 e. The number of piperidine rings is 1. The molecule has 0 saturated carbocycles. The number of rotatable bonds is 9. The van der Waals surface area contributed by atoms with Gasteiger partial charge >= 0.3 is 5.69 Å². The second-order valence-corrected chi connectivity index (χ2v) is 8.38. The highest BCUT2D eigenvalue weighted by molar-refractivity contribution is 6.21. The average molecular weight is 442 g/mol. The van der Waals surface area contributed by atoms with Gasteiger partial charge in [-0.2, -0.15) is 5.10 Å². The predicted octanol–water partition coefficient (Wildman–Crippen LogP) is 1.58. The van der Waals surface area contributed by atoms with E-state index in [1.54, 1.807) is 35.9 Å². The molecule has 3 heterocycles. The molecule has 0 spiro atoms. The molecule has 0 atom stereocenters. The fourth-order valence-corrected chi connectivity index (χ4v) is 4.69. The first-order valence-electron chi connectivity index (χ1n) is 11.4. The van der Waals surface area contributed by atoms with Gasteiger partial charge < -0.3 is 9.64 Å². The van der Waals surface area contributed by atoms with E-state index in [2.05, 4.69) is 10.00 Å². The summed E-state index contributed by atoms with van der Waals surface area (Å²) in [6, 6.07) is 7.01. The first-order valence-corrected chi connectivity index (χ1v) is 11.4. The number of likely N-dealkylation sites (tertiary alicyclic amines) is 1. The molecule has 0 unspecified atom stereocenters. The summed E-state index contributed by atoms with van der Waals surface area (Å²) in [4.78, 5) is 41.3. The van der Waals surface area contributed by atoms with Crippen molar-refractivity contribution in [2.24, 2.45) is 0 Å². The van der Waals surface area contributed by atoms with Crippen LogP contribution in [0, 0.1) is 0 Å². The van der Waals surface area contributed by atoms with Crippen molar-refractivity contribution in [2.45, 2.75) is 45.2 Å². The van der Waals surface area contributed by atoms with E-state index >= 15 is 0 Å². The molecule has 1 saturated heterocycles. The van der Waals surface area contributed by atoms with Gasteiger partial charge in [-0.3, -0.25) is 19.1 Å². The van der Waals surface area contributed by atoms with Crippen molar-refractivity contribution < 1.29 is 14.3 Å².